The molecule has 0 saturated heterocycles. The van der Waals surface area contributed by atoms with Crippen LogP contribution in [0.4, 0.5) is 4.39 Å². The highest BCUT2D eigenvalue weighted by atomic mass is 19.1. The van der Waals surface area contributed by atoms with Gasteiger partial charge >= 0.3 is 5.97 Å². The Balaban J connectivity index is 2.59. The summed E-state index contributed by atoms with van der Waals surface area (Å²) >= 11 is 0. The lowest BCUT2D eigenvalue weighted by Crippen LogP contribution is -2.01. The minimum Gasteiger partial charge on any atom is -0.481 e. The maximum Gasteiger partial charge on any atom is 0.307 e. The zero-order valence-electron chi connectivity index (χ0n) is 8.70. The molecule has 0 saturated carbocycles. The number of halogens is 1. The Hall–Kier alpha value is -1.97. The molecule has 16 heavy (non-hydrogen) atoms. The Labute approximate surface area is 91.5 Å². The zero-order chi connectivity index (χ0) is 11.7. The Morgan fingerprint density at radius 3 is 2.88 bits per heavy atom. The Bertz CT molecular complexity index is 566. The molecule has 0 radical (unpaired) electrons. The largest absolute Gasteiger partial charge is 0.481 e. The van der Waals surface area contributed by atoms with Crippen molar-refractivity contribution in [3.05, 3.63) is 41.3 Å². The number of hydrogen-bond acceptors (Lipinski definition) is 2. The first kappa shape index (κ1) is 10.5. The van der Waals surface area contributed by atoms with E-state index in [9.17, 15) is 9.18 Å². The smallest absolute Gasteiger partial charge is 0.307 e. The van der Waals surface area contributed by atoms with Crippen LogP contribution in [0.5, 0.6) is 0 Å². The van der Waals surface area contributed by atoms with Crippen molar-refractivity contribution < 1.29 is 14.3 Å². The molecule has 0 aliphatic heterocycles. The quantitative estimate of drug-likeness (QED) is 0.843. The molecular formula is C12H10FNO2. The number of pyridine rings is 1. The van der Waals surface area contributed by atoms with Gasteiger partial charge in [-0.05, 0) is 30.7 Å². The third-order valence-electron chi connectivity index (χ3n) is 2.30. The molecule has 4 heteroatoms. The fourth-order valence-corrected chi connectivity index (χ4v) is 1.62. The van der Waals surface area contributed by atoms with Gasteiger partial charge in [0.1, 0.15) is 11.3 Å². The average molecular weight is 219 g/mol. The van der Waals surface area contributed by atoms with Gasteiger partial charge in [0.05, 0.1) is 6.42 Å². The van der Waals surface area contributed by atoms with Crippen molar-refractivity contribution >= 4 is 16.9 Å². The molecule has 0 amide bonds. The van der Waals surface area contributed by atoms with Crippen LogP contribution in [-0.2, 0) is 11.2 Å². The highest BCUT2D eigenvalue weighted by Crippen LogP contribution is 2.19. The Kier molecular flexibility index (Phi) is 2.56. The van der Waals surface area contributed by atoms with Crippen LogP contribution in [-0.4, -0.2) is 16.1 Å². The van der Waals surface area contributed by atoms with Crippen molar-refractivity contribution in [2.24, 2.45) is 0 Å². The van der Waals surface area contributed by atoms with Crippen molar-refractivity contribution in [3.8, 4) is 0 Å². The highest BCUT2D eigenvalue weighted by molar-refractivity contribution is 5.81. The number of rotatable bonds is 2. The van der Waals surface area contributed by atoms with Crippen LogP contribution in [0.3, 0.4) is 0 Å². The predicted octanol–water partition coefficient (Wildman–Crippen LogP) is 2.31. The second-order valence-electron chi connectivity index (χ2n) is 3.67. The minimum absolute atomic E-state index is 0.180. The lowest BCUT2D eigenvalue weighted by atomic mass is 10.1. The molecular weight excluding hydrogens is 209 g/mol. The first-order valence-electron chi connectivity index (χ1n) is 4.84. The standard InChI is InChI=1S/C12H10FNO2/c1-7-2-3-9-4-8(6-11(15)16)5-10(13)12(9)14-7/h2-5H,6H2,1H3,(H,15,16). The Morgan fingerprint density at radius 1 is 1.44 bits per heavy atom. The van der Waals surface area contributed by atoms with Crippen LogP contribution in [0.15, 0.2) is 24.3 Å². The molecule has 1 N–H and O–H groups in total. The zero-order valence-corrected chi connectivity index (χ0v) is 8.70. The van der Waals surface area contributed by atoms with Gasteiger partial charge in [0.2, 0.25) is 0 Å². The van der Waals surface area contributed by atoms with E-state index in [1.165, 1.54) is 6.07 Å². The normalized spacial score (nSPS) is 10.6. The summed E-state index contributed by atoms with van der Waals surface area (Å²) in [6.45, 7) is 1.78. The van der Waals surface area contributed by atoms with E-state index in [1.54, 1.807) is 25.1 Å². The number of aromatic nitrogens is 1. The summed E-state index contributed by atoms with van der Waals surface area (Å²) in [5, 5.41) is 9.26. The first-order valence-corrected chi connectivity index (χ1v) is 4.84. The lowest BCUT2D eigenvalue weighted by Gasteiger charge is -2.03. The van der Waals surface area contributed by atoms with Crippen LogP contribution >= 0.6 is 0 Å². The van der Waals surface area contributed by atoms with Crippen molar-refractivity contribution in [1.82, 2.24) is 4.98 Å². The molecule has 1 heterocycles. The van der Waals surface area contributed by atoms with E-state index in [0.717, 1.165) is 5.69 Å². The van der Waals surface area contributed by atoms with E-state index in [-0.39, 0.29) is 11.9 Å². The molecule has 3 nitrogen and oxygen atoms in total. The summed E-state index contributed by atoms with van der Waals surface area (Å²) in [5.41, 5.74) is 1.47. The summed E-state index contributed by atoms with van der Waals surface area (Å²) in [6.07, 6.45) is -0.180. The minimum atomic E-state index is -0.973. The van der Waals surface area contributed by atoms with Crippen LogP contribution in [0.2, 0.25) is 0 Å². The van der Waals surface area contributed by atoms with E-state index in [1.807, 2.05) is 0 Å². The molecule has 2 rings (SSSR count). The van der Waals surface area contributed by atoms with E-state index < -0.39 is 11.8 Å². The molecule has 2 aromatic rings. The second-order valence-corrected chi connectivity index (χ2v) is 3.67. The monoisotopic (exact) mass is 219 g/mol. The van der Waals surface area contributed by atoms with Gasteiger partial charge in [0.25, 0.3) is 0 Å². The number of carboxylic acids is 1. The fourth-order valence-electron chi connectivity index (χ4n) is 1.62. The van der Waals surface area contributed by atoms with Gasteiger partial charge in [-0.25, -0.2) is 4.39 Å². The number of carboxylic acid groups (broad SMARTS) is 1. The van der Waals surface area contributed by atoms with Gasteiger partial charge in [0.15, 0.2) is 0 Å². The summed E-state index contributed by atoms with van der Waals surface area (Å²) in [7, 11) is 0. The lowest BCUT2D eigenvalue weighted by molar-refractivity contribution is -0.136. The highest BCUT2D eigenvalue weighted by Gasteiger charge is 2.07. The number of aliphatic carboxylic acids is 1. The van der Waals surface area contributed by atoms with Crippen LogP contribution in [0.25, 0.3) is 10.9 Å². The predicted molar refractivity (Wildman–Crippen MR) is 57.8 cm³/mol. The van der Waals surface area contributed by atoms with Gasteiger partial charge in [-0.1, -0.05) is 6.07 Å². The summed E-state index contributed by atoms with van der Waals surface area (Å²) in [5.74, 6) is -1.45. The molecule has 0 aliphatic rings. The van der Waals surface area contributed by atoms with Crippen LogP contribution in [0, 0.1) is 12.7 Å². The first-order chi connectivity index (χ1) is 7.56. The van der Waals surface area contributed by atoms with Crippen molar-refractivity contribution in [2.75, 3.05) is 0 Å². The topological polar surface area (TPSA) is 50.2 Å². The van der Waals surface area contributed by atoms with E-state index in [4.69, 9.17) is 5.11 Å². The molecule has 1 aromatic heterocycles. The molecule has 1 aromatic carbocycles. The number of aryl methyl sites for hydroxylation is 1. The number of nitrogens with zero attached hydrogens (tertiary/aromatic N) is 1. The van der Waals surface area contributed by atoms with Gasteiger partial charge in [-0.2, -0.15) is 0 Å². The molecule has 82 valence electrons. The molecule has 0 bridgehead atoms. The number of fused-ring (bicyclic) bond motifs is 1. The van der Waals surface area contributed by atoms with Gasteiger partial charge < -0.3 is 5.11 Å². The van der Waals surface area contributed by atoms with Gasteiger partial charge in [-0.3, -0.25) is 9.78 Å². The fraction of sp³-hybridized carbons (Fsp3) is 0.167. The molecule has 0 aliphatic carbocycles. The average Bonchev–Trinajstić information content (AvgIpc) is 2.18. The maximum absolute atomic E-state index is 13.6. The van der Waals surface area contributed by atoms with Crippen LogP contribution in [0.1, 0.15) is 11.3 Å². The van der Waals surface area contributed by atoms with E-state index in [0.29, 0.717) is 10.9 Å². The maximum atomic E-state index is 13.6. The number of hydrogen-bond donors (Lipinski definition) is 1. The van der Waals surface area contributed by atoms with Gasteiger partial charge in [0, 0.05) is 11.1 Å². The summed E-state index contributed by atoms with van der Waals surface area (Å²) in [6, 6.07) is 6.39. The van der Waals surface area contributed by atoms with Crippen molar-refractivity contribution in [3.63, 3.8) is 0 Å². The number of benzene rings is 1. The SMILES string of the molecule is Cc1ccc2cc(CC(=O)O)cc(F)c2n1. The van der Waals surface area contributed by atoms with Crippen LogP contribution < -0.4 is 0 Å². The van der Waals surface area contributed by atoms with Gasteiger partial charge in [-0.15, -0.1) is 0 Å². The van der Waals surface area contributed by atoms with Crippen molar-refractivity contribution in [1.29, 1.82) is 0 Å². The molecule has 0 unspecified atom stereocenters. The third kappa shape index (κ3) is 2.00. The second kappa shape index (κ2) is 3.89. The molecule has 0 fully saturated rings. The molecule has 0 atom stereocenters. The van der Waals surface area contributed by atoms with Crippen molar-refractivity contribution in [2.45, 2.75) is 13.3 Å². The third-order valence-corrected chi connectivity index (χ3v) is 2.30. The van der Waals surface area contributed by atoms with E-state index >= 15 is 0 Å². The van der Waals surface area contributed by atoms with E-state index in [2.05, 4.69) is 4.98 Å². The Morgan fingerprint density at radius 2 is 2.19 bits per heavy atom. The summed E-state index contributed by atoms with van der Waals surface area (Å²) < 4.78 is 13.6. The summed E-state index contributed by atoms with van der Waals surface area (Å²) in [4.78, 5) is 14.6. The number of carbonyl (C=O) groups is 1. The molecule has 0 spiro atoms.